The summed E-state index contributed by atoms with van der Waals surface area (Å²) in [7, 11) is 0. The first-order chi connectivity index (χ1) is 17.0. The molecule has 0 aliphatic carbocycles. The lowest BCUT2D eigenvalue weighted by atomic mass is 10.1. The van der Waals surface area contributed by atoms with E-state index < -0.39 is 0 Å². The number of aryl methyl sites for hydroxylation is 2. The molecule has 0 saturated carbocycles. The summed E-state index contributed by atoms with van der Waals surface area (Å²) >= 11 is 0. The molecule has 0 bridgehead atoms. The number of carbonyl (C=O) groups is 1. The van der Waals surface area contributed by atoms with Crippen LogP contribution in [0.4, 0.5) is 11.5 Å². The van der Waals surface area contributed by atoms with Gasteiger partial charge in [-0.2, -0.15) is 5.10 Å². The van der Waals surface area contributed by atoms with E-state index in [2.05, 4.69) is 41.4 Å². The van der Waals surface area contributed by atoms with Crippen LogP contribution in [0.2, 0.25) is 0 Å². The van der Waals surface area contributed by atoms with Crippen molar-refractivity contribution in [3.8, 4) is 11.3 Å². The molecule has 178 valence electrons. The molecule has 1 fully saturated rings. The Morgan fingerprint density at radius 3 is 2.51 bits per heavy atom. The Morgan fingerprint density at radius 1 is 1.03 bits per heavy atom. The van der Waals surface area contributed by atoms with Crippen molar-refractivity contribution in [3.05, 3.63) is 89.5 Å². The number of aromatic nitrogens is 2. The number of morpholine rings is 1. The van der Waals surface area contributed by atoms with Crippen molar-refractivity contribution >= 4 is 28.6 Å². The molecule has 1 saturated heterocycles. The predicted molar refractivity (Wildman–Crippen MR) is 140 cm³/mol. The molecule has 2 aromatic carbocycles. The Kier molecular flexibility index (Phi) is 6.25. The summed E-state index contributed by atoms with van der Waals surface area (Å²) in [6.07, 6.45) is 1.44. The molecule has 0 unspecified atom stereocenters. The zero-order chi connectivity index (χ0) is 24.4. The summed E-state index contributed by atoms with van der Waals surface area (Å²) in [6.45, 7) is 6.86. The average Bonchev–Trinajstić information content (AvgIpc) is 3.29. The van der Waals surface area contributed by atoms with Crippen LogP contribution in [-0.4, -0.2) is 41.8 Å². The Morgan fingerprint density at radius 2 is 1.77 bits per heavy atom. The molecule has 1 amide bonds. The van der Waals surface area contributed by atoms with Crippen LogP contribution in [0.15, 0.2) is 72.8 Å². The number of pyridine rings is 1. The fourth-order valence-electron chi connectivity index (χ4n) is 4.33. The van der Waals surface area contributed by atoms with Crippen LogP contribution in [0.3, 0.4) is 0 Å². The van der Waals surface area contributed by atoms with Gasteiger partial charge in [-0.05, 0) is 31.5 Å². The summed E-state index contributed by atoms with van der Waals surface area (Å²) in [4.78, 5) is 15.1. The molecule has 0 radical (unpaired) electrons. The highest BCUT2D eigenvalue weighted by Gasteiger charge is 2.18. The highest BCUT2D eigenvalue weighted by molar-refractivity contribution is 6.04. The first-order valence-electron chi connectivity index (χ1n) is 11.8. The molecular formula is C28H29N5O2. The number of hydrogen-bond donors (Lipinski definition) is 2. The Hall–Kier alpha value is -4.10. The van der Waals surface area contributed by atoms with E-state index in [1.165, 1.54) is 11.6 Å². The van der Waals surface area contributed by atoms with E-state index in [-0.39, 0.29) is 5.91 Å². The Labute approximate surface area is 204 Å². The molecule has 3 heterocycles. The van der Waals surface area contributed by atoms with Crippen molar-refractivity contribution in [2.24, 2.45) is 5.73 Å². The number of ether oxygens (including phenoxy) is 1. The number of hydrogen-bond acceptors (Lipinski definition) is 5. The molecule has 5 rings (SSSR count). The predicted octanol–water partition coefficient (Wildman–Crippen LogP) is 4.39. The number of fused-ring (bicyclic) bond motifs is 1. The second-order valence-corrected chi connectivity index (χ2v) is 8.84. The second-order valence-electron chi connectivity index (χ2n) is 8.84. The standard InChI is InChI=1S/C28H29N5O2/c1-19-7-9-21(10-8-19)26-17-23-15-22(16-28(33(23)31-26)32-11-13-35-14-12-32)30-27(34)18-25(29)24-6-4-3-5-20(24)2/h3-10,15-18H,11-14,29H2,1-2H3,(H,30,34). The number of nitrogens with two attached hydrogens (primary N) is 1. The lowest BCUT2D eigenvalue weighted by molar-refractivity contribution is -0.111. The number of carbonyl (C=O) groups excluding carboxylic acids is 1. The zero-order valence-electron chi connectivity index (χ0n) is 20.0. The number of nitrogens with one attached hydrogen (secondary N) is 1. The normalized spacial score (nSPS) is 14.3. The van der Waals surface area contributed by atoms with Gasteiger partial charge in [0.05, 0.1) is 24.4 Å². The molecule has 35 heavy (non-hydrogen) atoms. The minimum absolute atomic E-state index is 0.277. The van der Waals surface area contributed by atoms with E-state index >= 15 is 0 Å². The minimum atomic E-state index is -0.277. The van der Waals surface area contributed by atoms with Crippen molar-refractivity contribution < 1.29 is 9.53 Å². The van der Waals surface area contributed by atoms with E-state index in [0.717, 1.165) is 46.8 Å². The fourth-order valence-corrected chi connectivity index (χ4v) is 4.33. The highest BCUT2D eigenvalue weighted by atomic mass is 16.5. The highest BCUT2D eigenvalue weighted by Crippen LogP contribution is 2.28. The Bertz CT molecular complexity index is 1400. The molecule has 7 heteroatoms. The summed E-state index contributed by atoms with van der Waals surface area (Å²) in [5.41, 5.74) is 13.3. The van der Waals surface area contributed by atoms with Gasteiger partial charge in [-0.15, -0.1) is 0 Å². The number of nitrogens with zero attached hydrogens (tertiary/aromatic N) is 3. The van der Waals surface area contributed by atoms with Gasteiger partial charge < -0.3 is 20.7 Å². The van der Waals surface area contributed by atoms with Crippen LogP contribution in [0.5, 0.6) is 0 Å². The first kappa shape index (κ1) is 22.7. The van der Waals surface area contributed by atoms with Crippen LogP contribution in [0.25, 0.3) is 22.5 Å². The van der Waals surface area contributed by atoms with Gasteiger partial charge in [0.15, 0.2) is 0 Å². The Balaban J connectivity index is 1.50. The van der Waals surface area contributed by atoms with Gasteiger partial charge in [-0.3, -0.25) is 4.79 Å². The quantitative estimate of drug-likeness (QED) is 0.425. The van der Waals surface area contributed by atoms with Crippen LogP contribution in [0.1, 0.15) is 16.7 Å². The second kappa shape index (κ2) is 9.64. The maximum Gasteiger partial charge on any atom is 0.250 e. The molecule has 4 aromatic rings. The van der Waals surface area contributed by atoms with Crippen molar-refractivity contribution in [1.29, 1.82) is 0 Å². The summed E-state index contributed by atoms with van der Waals surface area (Å²) < 4.78 is 7.48. The maximum absolute atomic E-state index is 12.9. The molecule has 0 spiro atoms. The van der Waals surface area contributed by atoms with E-state index in [9.17, 15) is 4.79 Å². The summed E-state index contributed by atoms with van der Waals surface area (Å²) in [5.74, 6) is 0.636. The summed E-state index contributed by atoms with van der Waals surface area (Å²) in [6, 6.07) is 22.0. The monoisotopic (exact) mass is 467 g/mol. The fraction of sp³-hybridized carbons (Fsp3) is 0.214. The van der Waals surface area contributed by atoms with Crippen molar-refractivity contribution in [3.63, 3.8) is 0 Å². The molecule has 7 nitrogen and oxygen atoms in total. The van der Waals surface area contributed by atoms with Crippen LogP contribution < -0.4 is 16.0 Å². The van der Waals surface area contributed by atoms with Gasteiger partial charge in [0.1, 0.15) is 5.82 Å². The lowest BCUT2D eigenvalue weighted by Crippen LogP contribution is -2.37. The SMILES string of the molecule is Cc1ccc(-c2cc3cc(NC(=O)C=C(N)c4ccccc4C)cc(N4CCOCC4)n3n2)cc1. The molecule has 1 aliphatic rings. The van der Waals surface area contributed by atoms with Crippen molar-refractivity contribution in [1.82, 2.24) is 9.61 Å². The first-order valence-corrected chi connectivity index (χ1v) is 11.8. The van der Waals surface area contributed by atoms with E-state index in [0.29, 0.717) is 24.6 Å². The number of amides is 1. The average molecular weight is 468 g/mol. The molecule has 2 aromatic heterocycles. The maximum atomic E-state index is 12.9. The minimum Gasteiger partial charge on any atom is -0.398 e. The number of anilines is 2. The van der Waals surface area contributed by atoms with Gasteiger partial charge in [0.2, 0.25) is 5.91 Å². The zero-order valence-corrected chi connectivity index (χ0v) is 20.0. The topological polar surface area (TPSA) is 84.9 Å². The third kappa shape index (κ3) is 4.90. The van der Waals surface area contributed by atoms with Crippen LogP contribution in [-0.2, 0) is 9.53 Å². The third-order valence-electron chi connectivity index (χ3n) is 6.23. The van der Waals surface area contributed by atoms with Crippen LogP contribution in [0, 0.1) is 13.8 Å². The van der Waals surface area contributed by atoms with Gasteiger partial charge in [-0.1, -0.05) is 54.1 Å². The number of rotatable bonds is 5. The van der Waals surface area contributed by atoms with Gasteiger partial charge >= 0.3 is 0 Å². The van der Waals surface area contributed by atoms with Gasteiger partial charge in [-0.25, -0.2) is 4.52 Å². The summed E-state index contributed by atoms with van der Waals surface area (Å²) in [5, 5.41) is 7.89. The molecule has 0 atom stereocenters. The van der Waals surface area contributed by atoms with Crippen molar-refractivity contribution in [2.75, 3.05) is 36.5 Å². The van der Waals surface area contributed by atoms with E-state index in [1.54, 1.807) is 0 Å². The number of benzene rings is 2. The van der Waals surface area contributed by atoms with E-state index in [4.69, 9.17) is 15.6 Å². The van der Waals surface area contributed by atoms with Crippen LogP contribution >= 0.6 is 0 Å². The molecule has 3 N–H and O–H groups in total. The lowest BCUT2D eigenvalue weighted by Gasteiger charge is -2.29. The molecule has 1 aliphatic heterocycles. The van der Waals surface area contributed by atoms with Gasteiger partial charge in [0.25, 0.3) is 0 Å². The van der Waals surface area contributed by atoms with E-state index in [1.807, 2.05) is 53.9 Å². The molecular weight excluding hydrogens is 438 g/mol. The third-order valence-corrected chi connectivity index (χ3v) is 6.23. The largest absolute Gasteiger partial charge is 0.398 e. The van der Waals surface area contributed by atoms with Gasteiger partial charge in [0, 0.05) is 47.7 Å². The van der Waals surface area contributed by atoms with Crippen molar-refractivity contribution in [2.45, 2.75) is 13.8 Å². The smallest absolute Gasteiger partial charge is 0.250 e.